The lowest BCUT2D eigenvalue weighted by Gasteiger charge is -2.15. The summed E-state index contributed by atoms with van der Waals surface area (Å²) in [6.07, 6.45) is 0.734. The van der Waals surface area contributed by atoms with Gasteiger partial charge in [0.2, 0.25) is 0 Å². The molecule has 0 heterocycles. The standard InChI is InChI=1S/C19H23FN2O3/c1-14(13-25-18-9-5-16(20)6-10-18)22-19(23)21-12-11-15-3-7-17(24-2)8-4-15/h3-10,14H,11-13H2,1-2H3,(H2,21,22,23). The fraction of sp³-hybridized carbons (Fsp3) is 0.316. The van der Waals surface area contributed by atoms with Gasteiger partial charge in [-0.1, -0.05) is 12.1 Å². The number of benzene rings is 2. The highest BCUT2D eigenvalue weighted by molar-refractivity contribution is 5.74. The van der Waals surface area contributed by atoms with Gasteiger partial charge in [0, 0.05) is 6.54 Å². The molecule has 0 saturated carbocycles. The molecular formula is C19H23FN2O3. The van der Waals surface area contributed by atoms with E-state index in [9.17, 15) is 9.18 Å². The third kappa shape index (κ3) is 6.71. The number of urea groups is 1. The highest BCUT2D eigenvalue weighted by Crippen LogP contribution is 2.12. The summed E-state index contributed by atoms with van der Waals surface area (Å²) in [5, 5.41) is 5.61. The van der Waals surface area contributed by atoms with Crippen molar-refractivity contribution in [3.63, 3.8) is 0 Å². The third-order valence-electron chi connectivity index (χ3n) is 3.55. The van der Waals surface area contributed by atoms with Crippen molar-refractivity contribution in [1.82, 2.24) is 10.6 Å². The second-order valence-electron chi connectivity index (χ2n) is 5.66. The van der Waals surface area contributed by atoms with Gasteiger partial charge in [-0.15, -0.1) is 0 Å². The number of rotatable bonds is 8. The molecule has 0 fully saturated rings. The van der Waals surface area contributed by atoms with E-state index in [1.807, 2.05) is 31.2 Å². The number of nitrogens with one attached hydrogen (secondary N) is 2. The van der Waals surface area contributed by atoms with Crippen molar-refractivity contribution in [2.75, 3.05) is 20.3 Å². The summed E-state index contributed by atoms with van der Waals surface area (Å²) in [7, 11) is 1.63. The van der Waals surface area contributed by atoms with Crippen LogP contribution < -0.4 is 20.1 Å². The summed E-state index contributed by atoms with van der Waals surface area (Å²) in [6.45, 7) is 2.67. The van der Waals surface area contributed by atoms with E-state index < -0.39 is 0 Å². The molecule has 134 valence electrons. The molecule has 2 aromatic rings. The van der Waals surface area contributed by atoms with E-state index in [1.54, 1.807) is 19.2 Å². The minimum Gasteiger partial charge on any atom is -0.497 e. The SMILES string of the molecule is COc1ccc(CCNC(=O)NC(C)COc2ccc(F)cc2)cc1. The number of hydrogen-bond acceptors (Lipinski definition) is 3. The molecule has 6 heteroatoms. The molecule has 2 amide bonds. The fourth-order valence-electron chi connectivity index (χ4n) is 2.18. The van der Waals surface area contributed by atoms with Crippen LogP contribution in [0.25, 0.3) is 0 Å². The number of hydrogen-bond donors (Lipinski definition) is 2. The molecule has 0 bridgehead atoms. The second-order valence-corrected chi connectivity index (χ2v) is 5.66. The van der Waals surface area contributed by atoms with Crippen LogP contribution in [0, 0.1) is 5.82 Å². The molecule has 5 nitrogen and oxygen atoms in total. The van der Waals surface area contributed by atoms with Gasteiger partial charge in [-0.2, -0.15) is 0 Å². The van der Waals surface area contributed by atoms with Gasteiger partial charge in [-0.05, 0) is 55.3 Å². The number of halogens is 1. The Morgan fingerprint density at radius 2 is 1.72 bits per heavy atom. The molecule has 0 spiro atoms. The summed E-state index contributed by atoms with van der Waals surface area (Å²) in [4.78, 5) is 11.9. The number of ether oxygens (including phenoxy) is 2. The quantitative estimate of drug-likeness (QED) is 0.772. The summed E-state index contributed by atoms with van der Waals surface area (Å²) < 4.78 is 23.4. The Bertz CT molecular complexity index is 659. The molecule has 25 heavy (non-hydrogen) atoms. The van der Waals surface area contributed by atoms with E-state index in [4.69, 9.17) is 9.47 Å². The smallest absolute Gasteiger partial charge is 0.315 e. The number of carbonyl (C=O) groups excluding carboxylic acids is 1. The summed E-state index contributed by atoms with van der Waals surface area (Å²) in [5.41, 5.74) is 1.12. The summed E-state index contributed by atoms with van der Waals surface area (Å²) >= 11 is 0. The normalized spacial score (nSPS) is 11.5. The van der Waals surface area contributed by atoms with E-state index in [-0.39, 0.29) is 17.9 Å². The van der Waals surface area contributed by atoms with Crippen LogP contribution in [-0.4, -0.2) is 32.3 Å². The van der Waals surface area contributed by atoms with Crippen molar-refractivity contribution >= 4 is 6.03 Å². The Hall–Kier alpha value is -2.76. The molecule has 0 radical (unpaired) electrons. The highest BCUT2D eigenvalue weighted by Gasteiger charge is 2.07. The minimum atomic E-state index is -0.310. The van der Waals surface area contributed by atoms with E-state index in [0.29, 0.717) is 18.9 Å². The minimum absolute atomic E-state index is 0.175. The van der Waals surface area contributed by atoms with Gasteiger partial charge in [0.1, 0.15) is 23.9 Å². The Balaban J connectivity index is 1.64. The predicted octanol–water partition coefficient (Wildman–Crippen LogP) is 3.14. The Labute approximate surface area is 147 Å². The van der Waals surface area contributed by atoms with Crippen LogP contribution in [-0.2, 0) is 6.42 Å². The van der Waals surface area contributed by atoms with E-state index in [0.717, 1.165) is 17.7 Å². The highest BCUT2D eigenvalue weighted by atomic mass is 19.1. The van der Waals surface area contributed by atoms with Crippen LogP contribution in [0.5, 0.6) is 11.5 Å². The van der Waals surface area contributed by atoms with Gasteiger partial charge in [0.05, 0.1) is 13.2 Å². The van der Waals surface area contributed by atoms with Crippen LogP contribution in [0.15, 0.2) is 48.5 Å². The lowest BCUT2D eigenvalue weighted by molar-refractivity contribution is 0.226. The maximum Gasteiger partial charge on any atom is 0.315 e. The van der Waals surface area contributed by atoms with Crippen LogP contribution in [0.1, 0.15) is 12.5 Å². The Kier molecular flexibility index (Phi) is 7.07. The van der Waals surface area contributed by atoms with Crippen LogP contribution in [0.3, 0.4) is 0 Å². The zero-order valence-corrected chi connectivity index (χ0v) is 14.4. The molecule has 0 aromatic heterocycles. The predicted molar refractivity (Wildman–Crippen MR) is 94.6 cm³/mol. The van der Waals surface area contributed by atoms with Crippen molar-refractivity contribution in [3.8, 4) is 11.5 Å². The van der Waals surface area contributed by atoms with Gasteiger partial charge in [0.15, 0.2) is 0 Å². The monoisotopic (exact) mass is 346 g/mol. The summed E-state index contributed by atoms with van der Waals surface area (Å²) in [5.74, 6) is 1.06. The lowest BCUT2D eigenvalue weighted by Crippen LogP contribution is -2.43. The van der Waals surface area contributed by atoms with Crippen LogP contribution in [0.2, 0.25) is 0 Å². The number of carbonyl (C=O) groups is 1. The average Bonchev–Trinajstić information content (AvgIpc) is 2.62. The molecule has 2 aromatic carbocycles. The molecule has 1 unspecified atom stereocenters. The molecule has 0 aliphatic rings. The van der Waals surface area contributed by atoms with Crippen LogP contribution in [0.4, 0.5) is 9.18 Å². The van der Waals surface area contributed by atoms with Gasteiger partial charge >= 0.3 is 6.03 Å². The maximum atomic E-state index is 12.8. The number of methoxy groups -OCH3 is 1. The first-order valence-corrected chi connectivity index (χ1v) is 8.12. The molecule has 0 aliphatic heterocycles. The van der Waals surface area contributed by atoms with Crippen molar-refractivity contribution < 1.29 is 18.7 Å². The Morgan fingerprint density at radius 1 is 1.08 bits per heavy atom. The largest absolute Gasteiger partial charge is 0.497 e. The molecule has 2 N–H and O–H groups in total. The van der Waals surface area contributed by atoms with Crippen LogP contribution >= 0.6 is 0 Å². The number of amides is 2. The van der Waals surface area contributed by atoms with Gasteiger partial charge in [-0.3, -0.25) is 0 Å². The van der Waals surface area contributed by atoms with E-state index in [1.165, 1.54) is 12.1 Å². The second kappa shape index (κ2) is 9.52. The molecule has 2 rings (SSSR count). The molecule has 0 aliphatic carbocycles. The Morgan fingerprint density at radius 3 is 2.36 bits per heavy atom. The topological polar surface area (TPSA) is 59.6 Å². The van der Waals surface area contributed by atoms with Crippen molar-refractivity contribution in [2.24, 2.45) is 0 Å². The zero-order valence-electron chi connectivity index (χ0n) is 14.4. The van der Waals surface area contributed by atoms with Crippen molar-refractivity contribution in [2.45, 2.75) is 19.4 Å². The van der Waals surface area contributed by atoms with Gasteiger partial charge < -0.3 is 20.1 Å². The fourth-order valence-corrected chi connectivity index (χ4v) is 2.18. The molecule has 1 atom stereocenters. The van der Waals surface area contributed by atoms with E-state index in [2.05, 4.69) is 10.6 Å². The van der Waals surface area contributed by atoms with Crippen molar-refractivity contribution in [3.05, 3.63) is 59.9 Å². The van der Waals surface area contributed by atoms with Crippen molar-refractivity contribution in [1.29, 1.82) is 0 Å². The zero-order chi connectivity index (χ0) is 18.1. The first-order chi connectivity index (χ1) is 12.1. The first-order valence-electron chi connectivity index (χ1n) is 8.12. The lowest BCUT2D eigenvalue weighted by atomic mass is 10.1. The van der Waals surface area contributed by atoms with Gasteiger partial charge in [0.25, 0.3) is 0 Å². The third-order valence-corrected chi connectivity index (χ3v) is 3.55. The summed E-state index contributed by atoms with van der Waals surface area (Å²) in [6, 6.07) is 13.1. The average molecular weight is 346 g/mol. The molecule has 0 saturated heterocycles. The maximum absolute atomic E-state index is 12.8. The first kappa shape index (κ1) is 18.6. The van der Waals surface area contributed by atoms with E-state index >= 15 is 0 Å². The van der Waals surface area contributed by atoms with Gasteiger partial charge in [-0.25, -0.2) is 9.18 Å². The molecular weight excluding hydrogens is 323 g/mol.